The van der Waals surface area contributed by atoms with Crippen LogP contribution in [-0.2, 0) is 27.1 Å². The van der Waals surface area contributed by atoms with Gasteiger partial charge >= 0.3 is 5.97 Å². The second kappa shape index (κ2) is 6.11. The van der Waals surface area contributed by atoms with Crippen LogP contribution in [0.25, 0.3) is 0 Å². The molecule has 5 nitrogen and oxygen atoms in total. The van der Waals surface area contributed by atoms with Gasteiger partial charge in [-0.15, -0.1) is 11.3 Å². The lowest BCUT2D eigenvalue weighted by Gasteiger charge is -2.35. The van der Waals surface area contributed by atoms with E-state index in [4.69, 9.17) is 19.9 Å². The number of hydrogen-bond donors (Lipinski definition) is 1. The summed E-state index contributed by atoms with van der Waals surface area (Å²) >= 11 is 1.46. The Morgan fingerprint density at radius 2 is 2.20 bits per heavy atom. The van der Waals surface area contributed by atoms with Crippen LogP contribution in [0, 0.1) is 0 Å². The Kier molecular flexibility index (Phi) is 4.67. The lowest BCUT2D eigenvalue weighted by molar-refractivity contribution is -0.0716. The van der Waals surface area contributed by atoms with Crippen molar-refractivity contribution in [3.63, 3.8) is 0 Å². The number of anilines is 1. The lowest BCUT2D eigenvalue weighted by atomic mass is 9.83. The lowest BCUT2D eigenvalue weighted by Crippen LogP contribution is -2.42. The van der Waals surface area contributed by atoms with Gasteiger partial charge in [-0.1, -0.05) is 0 Å². The van der Waals surface area contributed by atoms with Crippen molar-refractivity contribution in [3.8, 4) is 0 Å². The molecule has 0 fully saturated rings. The Morgan fingerprint density at radius 1 is 1.45 bits per heavy atom. The van der Waals surface area contributed by atoms with Crippen LogP contribution in [0.3, 0.4) is 0 Å². The fourth-order valence-corrected chi connectivity index (χ4v) is 3.96. The van der Waals surface area contributed by atoms with E-state index in [0.29, 0.717) is 23.8 Å². The molecule has 0 saturated carbocycles. The molecule has 1 heterocycles. The van der Waals surface area contributed by atoms with Gasteiger partial charge < -0.3 is 19.9 Å². The minimum atomic E-state index is -0.320. The summed E-state index contributed by atoms with van der Waals surface area (Å²) < 4.78 is 16.0. The zero-order chi connectivity index (χ0) is 14.8. The molecule has 0 saturated heterocycles. The van der Waals surface area contributed by atoms with Gasteiger partial charge in [0, 0.05) is 25.5 Å². The fraction of sp³-hybridized carbons (Fsp3) is 0.643. The number of nitrogen functional groups attached to an aromatic ring is 1. The predicted octanol–water partition coefficient (Wildman–Crippen LogP) is 2.03. The number of rotatable bonds is 5. The molecule has 0 bridgehead atoms. The molecule has 1 aliphatic carbocycles. The number of carbonyl (C=O) groups excluding carboxylic acids is 1. The Morgan fingerprint density at radius 3 is 2.80 bits per heavy atom. The molecule has 20 heavy (non-hydrogen) atoms. The number of thiophene rings is 1. The van der Waals surface area contributed by atoms with Gasteiger partial charge in [-0.05, 0) is 25.3 Å². The van der Waals surface area contributed by atoms with Crippen molar-refractivity contribution < 1.29 is 19.0 Å². The molecular formula is C14H21NO4S. The Labute approximate surface area is 123 Å². The first-order chi connectivity index (χ1) is 9.56. The number of carbonyl (C=O) groups is 1. The molecule has 6 heteroatoms. The smallest absolute Gasteiger partial charge is 0.341 e. The van der Waals surface area contributed by atoms with Crippen LogP contribution in [0.15, 0.2) is 0 Å². The van der Waals surface area contributed by atoms with Crippen molar-refractivity contribution in [2.75, 3.05) is 33.2 Å². The Hall–Kier alpha value is -1.11. The number of ether oxygens (including phenoxy) is 3. The average molecular weight is 299 g/mol. The van der Waals surface area contributed by atoms with Crippen LogP contribution in [0.5, 0.6) is 0 Å². The molecule has 1 aliphatic rings. The molecule has 0 radical (unpaired) electrons. The van der Waals surface area contributed by atoms with Crippen LogP contribution >= 0.6 is 11.3 Å². The third-order valence-corrected chi connectivity index (χ3v) is 4.81. The summed E-state index contributed by atoms with van der Waals surface area (Å²) in [7, 11) is 3.37. The summed E-state index contributed by atoms with van der Waals surface area (Å²) in [4.78, 5) is 13.1. The van der Waals surface area contributed by atoms with Gasteiger partial charge in [-0.25, -0.2) is 4.79 Å². The summed E-state index contributed by atoms with van der Waals surface area (Å²) in [5.41, 5.74) is 7.26. The molecule has 2 N–H and O–H groups in total. The minimum absolute atomic E-state index is 0.315. The highest BCUT2D eigenvalue weighted by Crippen LogP contribution is 2.41. The maximum absolute atomic E-state index is 12.0. The minimum Gasteiger partial charge on any atom is -0.462 e. The van der Waals surface area contributed by atoms with Gasteiger partial charge in [0.2, 0.25) is 0 Å². The van der Waals surface area contributed by atoms with E-state index >= 15 is 0 Å². The molecule has 0 spiro atoms. The van der Waals surface area contributed by atoms with E-state index in [1.165, 1.54) is 11.3 Å². The molecule has 112 valence electrons. The monoisotopic (exact) mass is 299 g/mol. The fourth-order valence-electron chi connectivity index (χ4n) is 2.72. The number of hydrogen-bond acceptors (Lipinski definition) is 6. The topological polar surface area (TPSA) is 70.8 Å². The van der Waals surface area contributed by atoms with Crippen LogP contribution in [-0.4, -0.2) is 39.0 Å². The molecular weight excluding hydrogens is 278 g/mol. The van der Waals surface area contributed by atoms with E-state index in [-0.39, 0.29) is 11.6 Å². The molecule has 1 unspecified atom stereocenters. The van der Waals surface area contributed by atoms with Crippen molar-refractivity contribution in [3.05, 3.63) is 16.0 Å². The average Bonchev–Trinajstić information content (AvgIpc) is 2.74. The maximum Gasteiger partial charge on any atom is 0.341 e. The molecule has 0 amide bonds. The predicted molar refractivity (Wildman–Crippen MR) is 78.3 cm³/mol. The quantitative estimate of drug-likeness (QED) is 0.842. The van der Waals surface area contributed by atoms with Gasteiger partial charge in [0.15, 0.2) is 0 Å². The van der Waals surface area contributed by atoms with Crippen LogP contribution in [0.4, 0.5) is 5.00 Å². The summed E-state index contributed by atoms with van der Waals surface area (Å²) in [5.74, 6) is -0.320. The molecule has 0 aromatic carbocycles. The number of methoxy groups -OCH3 is 2. The van der Waals surface area contributed by atoms with E-state index in [1.54, 1.807) is 21.1 Å². The van der Waals surface area contributed by atoms with Gasteiger partial charge in [0.1, 0.15) is 5.00 Å². The highest BCUT2D eigenvalue weighted by molar-refractivity contribution is 7.16. The van der Waals surface area contributed by atoms with E-state index in [9.17, 15) is 4.79 Å². The van der Waals surface area contributed by atoms with E-state index in [2.05, 4.69) is 0 Å². The largest absolute Gasteiger partial charge is 0.462 e. The van der Waals surface area contributed by atoms with E-state index < -0.39 is 0 Å². The van der Waals surface area contributed by atoms with Crippen LogP contribution < -0.4 is 5.73 Å². The number of fused-ring (bicyclic) bond motifs is 1. The van der Waals surface area contributed by atoms with Gasteiger partial charge in [-0.3, -0.25) is 0 Å². The van der Waals surface area contributed by atoms with Crippen molar-refractivity contribution in [1.29, 1.82) is 0 Å². The van der Waals surface area contributed by atoms with Crippen molar-refractivity contribution in [2.45, 2.75) is 31.8 Å². The Balaban J connectivity index is 2.31. The van der Waals surface area contributed by atoms with Crippen molar-refractivity contribution in [2.24, 2.45) is 0 Å². The van der Waals surface area contributed by atoms with Crippen molar-refractivity contribution >= 4 is 22.3 Å². The van der Waals surface area contributed by atoms with Gasteiger partial charge in [0.05, 0.1) is 24.4 Å². The zero-order valence-electron chi connectivity index (χ0n) is 12.2. The molecule has 1 aromatic heterocycles. The van der Waals surface area contributed by atoms with E-state index in [1.807, 2.05) is 0 Å². The third-order valence-electron chi connectivity index (χ3n) is 3.75. The van der Waals surface area contributed by atoms with E-state index in [0.717, 1.165) is 29.7 Å². The molecule has 0 aliphatic heterocycles. The highest BCUT2D eigenvalue weighted by Gasteiger charge is 2.38. The maximum atomic E-state index is 12.0. The SMILES string of the molecule is CCOC(=O)c1c(N)sc2c1CCC(COC)(OC)C2. The number of esters is 1. The summed E-state index contributed by atoms with van der Waals surface area (Å²) in [6, 6.07) is 0. The highest BCUT2D eigenvalue weighted by atomic mass is 32.1. The molecule has 1 aromatic rings. The second-order valence-corrected chi connectivity index (χ2v) is 6.10. The summed E-state index contributed by atoms with van der Waals surface area (Å²) in [5, 5.41) is 0.540. The summed E-state index contributed by atoms with van der Waals surface area (Å²) in [6.45, 7) is 2.69. The van der Waals surface area contributed by atoms with Gasteiger partial charge in [0.25, 0.3) is 0 Å². The Bertz CT molecular complexity index is 500. The number of nitrogens with two attached hydrogens (primary N) is 1. The third kappa shape index (κ3) is 2.68. The first-order valence-corrected chi connectivity index (χ1v) is 7.49. The second-order valence-electron chi connectivity index (χ2n) is 4.96. The molecule has 2 rings (SSSR count). The normalized spacial score (nSPS) is 21.6. The summed E-state index contributed by atoms with van der Waals surface area (Å²) in [6.07, 6.45) is 2.29. The first-order valence-electron chi connectivity index (χ1n) is 6.68. The van der Waals surface area contributed by atoms with Gasteiger partial charge in [-0.2, -0.15) is 0 Å². The zero-order valence-corrected chi connectivity index (χ0v) is 13.0. The first kappa shape index (κ1) is 15.3. The van der Waals surface area contributed by atoms with Crippen LogP contribution in [0.2, 0.25) is 0 Å². The van der Waals surface area contributed by atoms with Crippen molar-refractivity contribution in [1.82, 2.24) is 0 Å². The molecule has 1 atom stereocenters. The van der Waals surface area contributed by atoms with Crippen LogP contribution in [0.1, 0.15) is 34.1 Å². The standard InChI is InChI=1S/C14H21NO4S/c1-4-19-13(16)11-9-5-6-14(18-3,8-17-2)7-10(9)20-12(11)15/h4-8,15H2,1-3H3.